The van der Waals surface area contributed by atoms with Crippen LogP contribution in [-0.2, 0) is 6.61 Å². The predicted octanol–water partition coefficient (Wildman–Crippen LogP) is 4.23. The van der Waals surface area contributed by atoms with Crippen molar-refractivity contribution in [1.29, 1.82) is 0 Å². The fourth-order valence-corrected chi connectivity index (χ4v) is 2.96. The zero-order valence-corrected chi connectivity index (χ0v) is 12.1. The van der Waals surface area contributed by atoms with E-state index in [0.717, 1.165) is 23.5 Å². The maximum Gasteiger partial charge on any atom is 0.0693 e. The lowest BCUT2D eigenvalue weighted by atomic mass is 10.2. The van der Waals surface area contributed by atoms with Crippen molar-refractivity contribution < 1.29 is 5.11 Å². The number of aliphatic hydroxyl groups excluding tert-OH is 1. The highest BCUT2D eigenvalue weighted by Crippen LogP contribution is 2.38. The Balaban J connectivity index is 3.39. The Morgan fingerprint density at radius 1 is 1.00 bits per heavy atom. The number of rotatable bonds is 1. The van der Waals surface area contributed by atoms with Gasteiger partial charge in [-0.1, -0.05) is 0 Å². The van der Waals surface area contributed by atoms with Crippen molar-refractivity contribution in [2.45, 2.75) is 6.61 Å². The van der Waals surface area contributed by atoms with E-state index in [2.05, 4.69) is 63.7 Å². The summed E-state index contributed by atoms with van der Waals surface area (Å²) in [6.07, 6.45) is 0. The molecule has 1 aromatic carbocycles. The van der Waals surface area contributed by atoms with Crippen molar-refractivity contribution in [3.63, 3.8) is 0 Å². The van der Waals surface area contributed by atoms with Gasteiger partial charge in [-0.15, -0.1) is 0 Å². The zero-order chi connectivity index (χ0) is 9.30. The zero-order valence-electron chi connectivity index (χ0n) is 5.74. The van der Waals surface area contributed by atoms with E-state index in [1.807, 2.05) is 6.07 Å². The van der Waals surface area contributed by atoms with Crippen molar-refractivity contribution in [2.24, 2.45) is 0 Å². The summed E-state index contributed by atoms with van der Waals surface area (Å²) in [5.74, 6) is 0. The Labute approximate surface area is 104 Å². The van der Waals surface area contributed by atoms with Gasteiger partial charge in [0.15, 0.2) is 0 Å². The van der Waals surface area contributed by atoms with Crippen molar-refractivity contribution in [3.05, 3.63) is 29.5 Å². The van der Waals surface area contributed by atoms with Gasteiger partial charge < -0.3 is 5.11 Å². The lowest BCUT2D eigenvalue weighted by Crippen LogP contribution is -1.88. The molecule has 0 fully saturated rings. The van der Waals surface area contributed by atoms with Crippen LogP contribution in [0.5, 0.6) is 0 Å². The highest BCUT2D eigenvalue weighted by Gasteiger charge is 2.10. The molecule has 1 nitrogen and oxygen atoms in total. The molecule has 0 bridgehead atoms. The van der Waals surface area contributed by atoms with E-state index in [4.69, 9.17) is 5.11 Å². The van der Waals surface area contributed by atoms with E-state index in [-0.39, 0.29) is 6.61 Å². The van der Waals surface area contributed by atoms with E-state index in [1.165, 1.54) is 0 Å². The lowest BCUT2D eigenvalue weighted by Gasteiger charge is -2.07. The number of hydrogen-bond donors (Lipinski definition) is 1. The molecular weight excluding hydrogens is 420 g/mol. The molecule has 0 spiro atoms. The summed E-state index contributed by atoms with van der Waals surface area (Å²) in [4.78, 5) is 0. The summed E-state index contributed by atoms with van der Waals surface area (Å²) in [5, 5.41) is 8.97. The Bertz CT molecular complexity index is 311. The normalized spacial score (nSPS) is 10.4. The lowest BCUT2D eigenvalue weighted by molar-refractivity contribution is 0.281. The topological polar surface area (TPSA) is 20.2 Å². The monoisotopic (exact) mass is 420 g/mol. The van der Waals surface area contributed by atoms with Crippen molar-refractivity contribution in [1.82, 2.24) is 0 Å². The summed E-state index contributed by atoms with van der Waals surface area (Å²) < 4.78 is 3.63. The second-order valence-corrected chi connectivity index (χ2v) is 5.35. The quantitative estimate of drug-likeness (QED) is 0.529. The molecule has 0 amide bonds. The number of aliphatic hydroxyl groups is 1. The molecule has 0 atom stereocenters. The van der Waals surface area contributed by atoms with Gasteiger partial charge in [0.1, 0.15) is 0 Å². The van der Waals surface area contributed by atoms with Crippen LogP contribution in [0.4, 0.5) is 0 Å². The average Bonchev–Trinajstić information content (AvgIpc) is 2.08. The minimum atomic E-state index is 0.0189. The second kappa shape index (κ2) is 4.55. The first kappa shape index (κ1) is 11.2. The van der Waals surface area contributed by atoms with Crippen LogP contribution in [0.2, 0.25) is 0 Å². The Kier molecular flexibility index (Phi) is 4.24. The van der Waals surface area contributed by atoms with Gasteiger partial charge in [-0.3, -0.25) is 0 Å². The highest BCUT2D eigenvalue weighted by atomic mass is 79.9. The maximum absolute atomic E-state index is 8.97. The molecule has 1 aromatic rings. The third-order valence-corrected chi connectivity index (χ3v) is 6.09. The van der Waals surface area contributed by atoms with Gasteiger partial charge in [-0.25, -0.2) is 0 Å². The van der Waals surface area contributed by atoms with Crippen LogP contribution in [-0.4, -0.2) is 5.11 Å². The minimum Gasteiger partial charge on any atom is -0.392 e. The van der Waals surface area contributed by atoms with Gasteiger partial charge in [0.2, 0.25) is 0 Å². The summed E-state index contributed by atoms with van der Waals surface area (Å²) in [5.41, 5.74) is 0.844. The van der Waals surface area contributed by atoms with E-state index < -0.39 is 0 Å². The molecule has 0 aliphatic rings. The van der Waals surface area contributed by atoms with Gasteiger partial charge in [-0.2, -0.15) is 0 Å². The first-order valence-corrected chi connectivity index (χ1v) is 6.18. The molecule has 0 heterocycles. The van der Waals surface area contributed by atoms with E-state index >= 15 is 0 Å². The van der Waals surface area contributed by atoms with Crippen LogP contribution < -0.4 is 0 Å². The molecular formula is C7H4Br4O. The molecule has 0 unspecified atom stereocenters. The highest BCUT2D eigenvalue weighted by molar-refractivity contribution is 9.15. The van der Waals surface area contributed by atoms with E-state index in [0.29, 0.717) is 0 Å². The summed E-state index contributed by atoms with van der Waals surface area (Å²) in [6, 6.07) is 1.86. The minimum absolute atomic E-state index is 0.0189. The summed E-state index contributed by atoms with van der Waals surface area (Å²) in [7, 11) is 0. The molecule has 1 rings (SSSR count). The molecule has 66 valence electrons. The number of halogens is 4. The van der Waals surface area contributed by atoms with Crippen LogP contribution in [0.25, 0.3) is 0 Å². The van der Waals surface area contributed by atoms with Gasteiger partial charge in [0.25, 0.3) is 0 Å². The third kappa shape index (κ3) is 2.12. The van der Waals surface area contributed by atoms with Gasteiger partial charge in [0, 0.05) is 17.9 Å². The van der Waals surface area contributed by atoms with Gasteiger partial charge in [0.05, 0.1) is 6.61 Å². The molecule has 0 aliphatic carbocycles. The fourth-order valence-electron chi connectivity index (χ4n) is 0.737. The van der Waals surface area contributed by atoms with Crippen molar-refractivity contribution in [3.8, 4) is 0 Å². The van der Waals surface area contributed by atoms with E-state index in [9.17, 15) is 0 Å². The second-order valence-electron chi connectivity index (χ2n) is 2.12. The molecule has 0 saturated heterocycles. The summed E-state index contributed by atoms with van der Waals surface area (Å²) in [6.45, 7) is 0.0189. The molecule has 12 heavy (non-hydrogen) atoms. The van der Waals surface area contributed by atoms with Crippen LogP contribution >= 0.6 is 63.7 Å². The SMILES string of the molecule is OCc1cc(Br)c(Br)c(Br)c1Br. The molecule has 5 heteroatoms. The van der Waals surface area contributed by atoms with Crippen molar-refractivity contribution in [2.75, 3.05) is 0 Å². The molecule has 0 saturated carbocycles. The molecule has 1 N–H and O–H groups in total. The number of benzene rings is 1. The standard InChI is InChI=1S/C7H4Br4O/c8-4-1-3(2-12)5(9)7(11)6(4)10/h1,12H,2H2. The Morgan fingerprint density at radius 2 is 1.58 bits per heavy atom. The fraction of sp³-hybridized carbons (Fsp3) is 0.143. The average molecular weight is 424 g/mol. The first-order chi connectivity index (χ1) is 5.57. The Morgan fingerprint density at radius 3 is 2.08 bits per heavy atom. The van der Waals surface area contributed by atoms with Gasteiger partial charge in [-0.05, 0) is 75.3 Å². The van der Waals surface area contributed by atoms with Crippen LogP contribution in [0, 0.1) is 0 Å². The van der Waals surface area contributed by atoms with E-state index in [1.54, 1.807) is 0 Å². The molecule has 0 radical (unpaired) electrons. The summed E-state index contributed by atoms with van der Waals surface area (Å²) >= 11 is 13.5. The van der Waals surface area contributed by atoms with Gasteiger partial charge >= 0.3 is 0 Å². The van der Waals surface area contributed by atoms with Crippen molar-refractivity contribution >= 4 is 63.7 Å². The third-order valence-electron chi connectivity index (χ3n) is 1.35. The largest absolute Gasteiger partial charge is 0.392 e. The van der Waals surface area contributed by atoms with Crippen LogP contribution in [0.1, 0.15) is 5.56 Å². The first-order valence-electron chi connectivity index (χ1n) is 3.00. The number of hydrogen-bond acceptors (Lipinski definition) is 1. The molecule has 0 aliphatic heterocycles. The predicted molar refractivity (Wildman–Crippen MR) is 63.2 cm³/mol. The van der Waals surface area contributed by atoms with Crippen LogP contribution in [0.15, 0.2) is 24.0 Å². The molecule has 0 aromatic heterocycles. The van der Waals surface area contributed by atoms with Crippen LogP contribution in [0.3, 0.4) is 0 Å². The maximum atomic E-state index is 8.97. The smallest absolute Gasteiger partial charge is 0.0693 e. The Hall–Kier alpha value is 1.10.